The molecule has 2 aromatic heterocycles. The van der Waals surface area contributed by atoms with Crippen LogP contribution in [0.2, 0.25) is 0 Å². The minimum atomic E-state index is -1.04. The molecule has 4 aromatic rings. The molecule has 0 saturated heterocycles. The fraction of sp³-hybridized carbons (Fsp3) is 0.323. The number of anilines is 1. The lowest BCUT2D eigenvalue weighted by molar-refractivity contribution is -0.122. The number of nitrogens with one attached hydrogen (secondary N) is 2. The number of amides is 2. The fourth-order valence-corrected chi connectivity index (χ4v) is 4.45. The van der Waals surface area contributed by atoms with Gasteiger partial charge in [-0.05, 0) is 43.0 Å². The normalized spacial score (nSPS) is 12.0. The van der Waals surface area contributed by atoms with Crippen molar-refractivity contribution in [2.75, 3.05) is 19.5 Å². The number of hydrogen-bond acceptors (Lipinski definition) is 10. The van der Waals surface area contributed by atoms with Gasteiger partial charge in [-0.1, -0.05) is 56.3 Å². The van der Waals surface area contributed by atoms with Crippen LogP contribution in [0.5, 0.6) is 5.75 Å². The van der Waals surface area contributed by atoms with E-state index in [4.69, 9.17) is 9.15 Å². The summed E-state index contributed by atoms with van der Waals surface area (Å²) in [5.41, 5.74) is 0.356. The Labute approximate surface area is 253 Å². The molecule has 0 aliphatic carbocycles. The topological polar surface area (TPSA) is 168 Å². The van der Waals surface area contributed by atoms with Gasteiger partial charge in [-0.25, -0.2) is 9.78 Å². The molecule has 4 rings (SSSR count). The van der Waals surface area contributed by atoms with Gasteiger partial charge in [-0.2, -0.15) is 0 Å². The Morgan fingerprint density at radius 3 is 2.30 bits per heavy atom. The van der Waals surface area contributed by atoms with Crippen molar-refractivity contribution in [1.82, 2.24) is 25.1 Å². The molecular weight excluding hydrogens is 568 g/mol. The molecule has 0 bridgehead atoms. The van der Waals surface area contributed by atoms with Gasteiger partial charge in [0.1, 0.15) is 12.3 Å². The van der Waals surface area contributed by atoms with Gasteiger partial charge in [0.25, 0.3) is 11.4 Å². The van der Waals surface area contributed by atoms with E-state index in [0.717, 1.165) is 17.2 Å². The summed E-state index contributed by atoms with van der Waals surface area (Å²) in [7, 11) is 2.73. The second kappa shape index (κ2) is 13.3. The van der Waals surface area contributed by atoms with E-state index >= 15 is 0 Å². The van der Waals surface area contributed by atoms with Gasteiger partial charge in [0.05, 0.1) is 37.6 Å². The second-order valence-electron chi connectivity index (χ2n) is 10.8. The van der Waals surface area contributed by atoms with Crippen LogP contribution in [0.1, 0.15) is 49.8 Å². The maximum absolute atomic E-state index is 13.5. The van der Waals surface area contributed by atoms with Gasteiger partial charge < -0.3 is 19.2 Å². The number of hydrogen-bond donors (Lipinski definition) is 2. The number of carbonyl (C=O) groups excluding carboxylic acids is 3. The van der Waals surface area contributed by atoms with Gasteiger partial charge >= 0.3 is 6.09 Å². The fourth-order valence-electron chi connectivity index (χ4n) is 4.45. The molecule has 0 aliphatic rings. The lowest BCUT2D eigenvalue weighted by Crippen LogP contribution is -2.46. The highest BCUT2D eigenvalue weighted by Gasteiger charge is 2.34. The zero-order valence-electron chi connectivity index (χ0n) is 25.3. The lowest BCUT2D eigenvalue weighted by atomic mass is 9.84. The number of ether oxygens (including phenoxy) is 2. The monoisotopic (exact) mass is 602 g/mol. The SMILES string of the molecule is COC(=O)Nc1ncc(-c2ccccc2)n(CC(=O)NC(C(=O)c2nnc(C(C)(C)c3ccc(OC)cc3)o2)C(C)C)c1=O. The van der Waals surface area contributed by atoms with Crippen molar-refractivity contribution in [2.24, 2.45) is 5.92 Å². The predicted octanol–water partition coefficient (Wildman–Crippen LogP) is 3.83. The highest BCUT2D eigenvalue weighted by molar-refractivity contribution is 5.98. The summed E-state index contributed by atoms with van der Waals surface area (Å²) in [6.45, 7) is 6.82. The summed E-state index contributed by atoms with van der Waals surface area (Å²) in [6, 6.07) is 15.2. The van der Waals surface area contributed by atoms with Crippen LogP contribution in [-0.2, 0) is 21.5 Å². The molecule has 230 valence electrons. The molecular formula is C31H34N6O7. The third-order valence-corrected chi connectivity index (χ3v) is 7.08. The highest BCUT2D eigenvalue weighted by Crippen LogP contribution is 2.32. The van der Waals surface area contributed by atoms with Crippen LogP contribution in [0, 0.1) is 5.92 Å². The first-order chi connectivity index (χ1) is 21.0. The van der Waals surface area contributed by atoms with Gasteiger partial charge in [0.2, 0.25) is 23.4 Å². The molecule has 44 heavy (non-hydrogen) atoms. The van der Waals surface area contributed by atoms with Gasteiger partial charge in [-0.15, -0.1) is 10.2 Å². The maximum atomic E-state index is 13.5. The van der Waals surface area contributed by atoms with E-state index in [1.54, 1.807) is 51.3 Å². The Kier molecular flexibility index (Phi) is 9.57. The number of methoxy groups -OCH3 is 2. The molecule has 0 aliphatic heterocycles. The smallest absolute Gasteiger partial charge is 0.412 e. The van der Waals surface area contributed by atoms with E-state index in [1.165, 1.54) is 6.20 Å². The standard InChI is InChI=1S/C31H34N6O7/c1-18(2)24(25(39)27-35-36-29(44-27)31(3,4)20-12-14-21(42-5)15-13-20)33-23(38)17-37-22(19-10-8-7-9-11-19)16-32-26(28(37)40)34-30(41)43-6/h7-16,18,24H,17H2,1-6H3,(H,33,38)(H,32,34,41). The largest absolute Gasteiger partial charge is 0.497 e. The van der Waals surface area contributed by atoms with Crippen molar-refractivity contribution < 1.29 is 28.3 Å². The Morgan fingerprint density at radius 2 is 1.68 bits per heavy atom. The molecule has 2 N–H and O–H groups in total. The van der Waals surface area contributed by atoms with Crippen molar-refractivity contribution in [3.05, 3.63) is 88.5 Å². The maximum Gasteiger partial charge on any atom is 0.412 e. The predicted molar refractivity (Wildman–Crippen MR) is 160 cm³/mol. The Morgan fingerprint density at radius 1 is 1.00 bits per heavy atom. The molecule has 0 radical (unpaired) electrons. The van der Waals surface area contributed by atoms with E-state index in [-0.39, 0.29) is 23.5 Å². The minimum absolute atomic E-state index is 0.223. The highest BCUT2D eigenvalue weighted by atomic mass is 16.5. The van der Waals surface area contributed by atoms with E-state index < -0.39 is 41.3 Å². The Bertz CT molecular complexity index is 1690. The van der Waals surface area contributed by atoms with Crippen LogP contribution < -0.4 is 20.9 Å². The molecule has 0 spiro atoms. The van der Waals surface area contributed by atoms with Crippen molar-refractivity contribution in [3.8, 4) is 17.0 Å². The second-order valence-corrected chi connectivity index (χ2v) is 10.8. The van der Waals surface area contributed by atoms with Crippen LogP contribution in [0.3, 0.4) is 0 Å². The first-order valence-corrected chi connectivity index (χ1v) is 13.8. The van der Waals surface area contributed by atoms with Crippen molar-refractivity contribution in [1.29, 1.82) is 0 Å². The van der Waals surface area contributed by atoms with Crippen molar-refractivity contribution in [2.45, 2.75) is 45.7 Å². The number of aromatic nitrogens is 4. The molecule has 13 heteroatoms. The molecule has 1 atom stereocenters. The zero-order chi connectivity index (χ0) is 32.0. The zero-order valence-corrected chi connectivity index (χ0v) is 25.3. The third kappa shape index (κ3) is 6.83. The van der Waals surface area contributed by atoms with Gasteiger partial charge in [0.15, 0.2) is 0 Å². The summed E-state index contributed by atoms with van der Waals surface area (Å²) in [4.78, 5) is 56.0. The van der Waals surface area contributed by atoms with Crippen LogP contribution in [-0.4, -0.2) is 57.8 Å². The lowest BCUT2D eigenvalue weighted by Gasteiger charge is -2.22. The first-order valence-electron chi connectivity index (χ1n) is 13.8. The molecule has 2 amide bonds. The third-order valence-electron chi connectivity index (χ3n) is 7.08. The summed E-state index contributed by atoms with van der Waals surface area (Å²) in [5, 5.41) is 13.1. The van der Waals surface area contributed by atoms with Crippen LogP contribution in [0.25, 0.3) is 11.3 Å². The number of rotatable bonds is 11. The summed E-state index contributed by atoms with van der Waals surface area (Å²) in [6.07, 6.45) is 0.475. The molecule has 0 fully saturated rings. The van der Waals surface area contributed by atoms with Gasteiger partial charge in [0, 0.05) is 0 Å². The van der Waals surface area contributed by atoms with E-state index in [1.807, 2.05) is 38.1 Å². The molecule has 2 heterocycles. The Balaban J connectivity index is 1.58. The summed E-state index contributed by atoms with van der Waals surface area (Å²) >= 11 is 0. The summed E-state index contributed by atoms with van der Waals surface area (Å²) < 4.78 is 16.8. The number of nitrogens with zero attached hydrogens (tertiary/aromatic N) is 4. The van der Waals surface area contributed by atoms with E-state index in [2.05, 4.69) is 30.6 Å². The first kappa shape index (κ1) is 31.6. The molecule has 0 saturated carbocycles. The number of ketones is 1. The average molecular weight is 603 g/mol. The molecule has 13 nitrogen and oxygen atoms in total. The Hall–Kier alpha value is -5.33. The van der Waals surface area contributed by atoms with Crippen LogP contribution >= 0.6 is 0 Å². The number of carbonyl (C=O) groups is 3. The van der Waals surface area contributed by atoms with Crippen molar-refractivity contribution >= 4 is 23.6 Å². The van der Waals surface area contributed by atoms with Crippen molar-refractivity contribution in [3.63, 3.8) is 0 Å². The summed E-state index contributed by atoms with van der Waals surface area (Å²) in [5.74, 6) is -1.23. The van der Waals surface area contributed by atoms with E-state index in [9.17, 15) is 19.2 Å². The van der Waals surface area contributed by atoms with Crippen LogP contribution in [0.4, 0.5) is 10.6 Å². The molecule has 1 unspecified atom stereocenters. The number of Topliss-reactive ketones (excluding diaryl/α,β-unsaturated/α-hetero) is 1. The number of benzene rings is 2. The van der Waals surface area contributed by atoms with E-state index in [0.29, 0.717) is 17.0 Å². The van der Waals surface area contributed by atoms with Gasteiger partial charge in [-0.3, -0.25) is 24.3 Å². The molecule has 2 aromatic carbocycles. The minimum Gasteiger partial charge on any atom is -0.497 e. The quantitative estimate of drug-likeness (QED) is 0.241. The van der Waals surface area contributed by atoms with Crippen LogP contribution in [0.15, 0.2) is 70.0 Å². The average Bonchev–Trinajstić information content (AvgIpc) is 3.53.